The number of rotatable bonds is 4. The first-order valence-corrected chi connectivity index (χ1v) is 8.76. The molecule has 1 atom stereocenters. The van der Waals surface area contributed by atoms with Gasteiger partial charge in [-0.25, -0.2) is 8.42 Å². The fourth-order valence-electron chi connectivity index (χ4n) is 2.67. The fourth-order valence-corrected chi connectivity index (χ4v) is 4.40. The van der Waals surface area contributed by atoms with Gasteiger partial charge in [-0.05, 0) is 33.3 Å². The predicted molar refractivity (Wildman–Crippen MR) is 76.4 cm³/mol. The number of amides is 1. The van der Waals surface area contributed by atoms with E-state index >= 15 is 0 Å². The number of hydrogen-bond donors (Lipinski definition) is 0. The lowest BCUT2D eigenvalue weighted by Gasteiger charge is -2.25. The number of nitrogens with zero attached hydrogens (tertiary/aromatic N) is 3. The van der Waals surface area contributed by atoms with Crippen molar-refractivity contribution in [1.29, 1.82) is 0 Å². The summed E-state index contributed by atoms with van der Waals surface area (Å²) in [4.78, 5) is 14.1. The predicted octanol–water partition coefficient (Wildman–Crippen LogP) is 0.861. The van der Waals surface area contributed by atoms with Crippen LogP contribution in [0, 0.1) is 6.92 Å². The second kappa shape index (κ2) is 5.55. The standard InChI is InChI=1S/C13H21N3O3S/c1-4-15(11-6-7-20(18,19)9-11)13(17)12-8-10(3)16(5-2)14-12/h8,11H,4-7,9H2,1-3H3/t11-/m1/s1. The summed E-state index contributed by atoms with van der Waals surface area (Å²) in [5.41, 5.74) is 1.33. The maximum absolute atomic E-state index is 12.5. The quantitative estimate of drug-likeness (QED) is 0.826. The first-order chi connectivity index (χ1) is 9.38. The smallest absolute Gasteiger partial charge is 0.274 e. The van der Waals surface area contributed by atoms with Gasteiger partial charge in [0, 0.05) is 24.8 Å². The lowest BCUT2D eigenvalue weighted by atomic mass is 10.2. The van der Waals surface area contributed by atoms with E-state index < -0.39 is 9.84 Å². The molecule has 0 aromatic carbocycles. The Morgan fingerprint density at radius 2 is 2.20 bits per heavy atom. The molecule has 112 valence electrons. The second-order valence-electron chi connectivity index (χ2n) is 5.13. The van der Waals surface area contributed by atoms with Gasteiger partial charge in [-0.1, -0.05) is 0 Å². The zero-order chi connectivity index (χ0) is 14.9. The molecule has 6 nitrogen and oxygen atoms in total. The summed E-state index contributed by atoms with van der Waals surface area (Å²) in [6.45, 7) is 6.95. The third-order valence-electron chi connectivity index (χ3n) is 3.75. The summed E-state index contributed by atoms with van der Waals surface area (Å²) in [5.74, 6) is 0.0640. The number of sulfone groups is 1. The summed E-state index contributed by atoms with van der Waals surface area (Å²) in [5, 5.41) is 4.28. The molecular weight excluding hydrogens is 278 g/mol. The number of aryl methyl sites for hydroxylation is 2. The summed E-state index contributed by atoms with van der Waals surface area (Å²) >= 11 is 0. The van der Waals surface area contributed by atoms with Crippen molar-refractivity contribution in [2.45, 2.75) is 39.8 Å². The lowest BCUT2D eigenvalue weighted by molar-refractivity contribution is 0.0701. The summed E-state index contributed by atoms with van der Waals surface area (Å²) in [6.07, 6.45) is 0.523. The number of carbonyl (C=O) groups is 1. The van der Waals surface area contributed by atoms with Crippen LogP contribution in [0.2, 0.25) is 0 Å². The molecule has 1 aromatic rings. The van der Waals surface area contributed by atoms with Crippen molar-refractivity contribution in [3.63, 3.8) is 0 Å². The highest BCUT2D eigenvalue weighted by Gasteiger charge is 2.34. The second-order valence-corrected chi connectivity index (χ2v) is 7.36. The van der Waals surface area contributed by atoms with Crippen LogP contribution in [-0.4, -0.2) is 53.1 Å². The third-order valence-corrected chi connectivity index (χ3v) is 5.50. The van der Waals surface area contributed by atoms with Gasteiger partial charge in [-0.15, -0.1) is 0 Å². The van der Waals surface area contributed by atoms with E-state index in [2.05, 4.69) is 5.10 Å². The van der Waals surface area contributed by atoms with Gasteiger partial charge >= 0.3 is 0 Å². The lowest BCUT2D eigenvalue weighted by Crippen LogP contribution is -2.41. The topological polar surface area (TPSA) is 72.3 Å². The molecule has 1 aromatic heterocycles. The number of aromatic nitrogens is 2. The maximum Gasteiger partial charge on any atom is 0.274 e. The highest BCUT2D eigenvalue weighted by Crippen LogP contribution is 2.19. The van der Waals surface area contributed by atoms with Gasteiger partial charge in [0.25, 0.3) is 5.91 Å². The molecule has 1 aliphatic heterocycles. The van der Waals surface area contributed by atoms with Gasteiger partial charge in [0.05, 0.1) is 11.5 Å². The average Bonchev–Trinajstić information content (AvgIpc) is 2.93. The SMILES string of the molecule is CCN(C(=O)c1cc(C)n(CC)n1)[C@@H]1CCS(=O)(=O)C1. The Kier molecular flexibility index (Phi) is 4.17. The van der Waals surface area contributed by atoms with Crippen molar-refractivity contribution in [3.8, 4) is 0 Å². The van der Waals surface area contributed by atoms with E-state index in [0.717, 1.165) is 5.69 Å². The molecular formula is C13H21N3O3S. The molecule has 20 heavy (non-hydrogen) atoms. The van der Waals surface area contributed by atoms with Crippen molar-refractivity contribution in [3.05, 3.63) is 17.5 Å². The summed E-state index contributed by atoms with van der Waals surface area (Å²) in [7, 11) is -2.99. The number of hydrogen-bond acceptors (Lipinski definition) is 4. The molecule has 2 heterocycles. The van der Waals surface area contributed by atoms with Crippen LogP contribution >= 0.6 is 0 Å². The van der Waals surface area contributed by atoms with Crippen LogP contribution in [0.3, 0.4) is 0 Å². The first kappa shape index (κ1) is 15.0. The zero-order valence-electron chi connectivity index (χ0n) is 12.2. The van der Waals surface area contributed by atoms with Crippen LogP contribution in [0.15, 0.2) is 6.07 Å². The minimum absolute atomic E-state index is 0.0695. The number of carbonyl (C=O) groups excluding carboxylic acids is 1. The molecule has 0 saturated carbocycles. The van der Waals surface area contributed by atoms with Crippen molar-refractivity contribution in [2.24, 2.45) is 0 Å². The Bertz CT molecular complexity index is 606. The molecule has 0 unspecified atom stereocenters. The Morgan fingerprint density at radius 3 is 2.65 bits per heavy atom. The molecule has 0 radical (unpaired) electrons. The van der Waals surface area contributed by atoms with Crippen molar-refractivity contribution in [2.75, 3.05) is 18.1 Å². The molecule has 0 spiro atoms. The van der Waals surface area contributed by atoms with E-state index in [9.17, 15) is 13.2 Å². The zero-order valence-corrected chi connectivity index (χ0v) is 13.0. The largest absolute Gasteiger partial charge is 0.333 e. The van der Waals surface area contributed by atoms with Crippen LogP contribution in [0.1, 0.15) is 36.5 Å². The Morgan fingerprint density at radius 1 is 1.50 bits per heavy atom. The maximum atomic E-state index is 12.5. The first-order valence-electron chi connectivity index (χ1n) is 6.93. The van der Waals surface area contributed by atoms with Crippen molar-refractivity contribution in [1.82, 2.24) is 14.7 Å². The van der Waals surface area contributed by atoms with Gasteiger partial charge in [0.1, 0.15) is 0 Å². The Hall–Kier alpha value is -1.37. The molecule has 2 rings (SSSR count). The van der Waals surface area contributed by atoms with E-state index in [1.54, 1.807) is 15.6 Å². The fraction of sp³-hybridized carbons (Fsp3) is 0.692. The molecule has 7 heteroatoms. The van der Waals surface area contributed by atoms with Crippen LogP contribution in [0.5, 0.6) is 0 Å². The van der Waals surface area contributed by atoms with Gasteiger partial charge in [0.2, 0.25) is 0 Å². The minimum atomic E-state index is -2.99. The molecule has 1 aliphatic rings. The van der Waals surface area contributed by atoms with Gasteiger partial charge in [0.15, 0.2) is 15.5 Å². The molecule has 1 amide bonds. The van der Waals surface area contributed by atoms with E-state index in [1.807, 2.05) is 20.8 Å². The van der Waals surface area contributed by atoms with E-state index in [1.165, 1.54) is 0 Å². The van der Waals surface area contributed by atoms with Crippen LogP contribution in [-0.2, 0) is 16.4 Å². The summed E-state index contributed by atoms with van der Waals surface area (Å²) in [6, 6.07) is 1.54. The van der Waals surface area contributed by atoms with Gasteiger partial charge in [-0.3, -0.25) is 9.48 Å². The molecule has 1 fully saturated rings. The summed E-state index contributed by atoms with van der Waals surface area (Å²) < 4.78 is 24.9. The highest BCUT2D eigenvalue weighted by atomic mass is 32.2. The van der Waals surface area contributed by atoms with Crippen LogP contribution < -0.4 is 0 Å². The molecule has 0 N–H and O–H groups in total. The Balaban J connectivity index is 2.21. The monoisotopic (exact) mass is 299 g/mol. The van der Waals surface area contributed by atoms with Gasteiger partial charge in [-0.2, -0.15) is 5.10 Å². The minimum Gasteiger partial charge on any atom is -0.333 e. The van der Waals surface area contributed by atoms with Crippen molar-refractivity contribution >= 4 is 15.7 Å². The molecule has 1 saturated heterocycles. The average molecular weight is 299 g/mol. The molecule has 0 bridgehead atoms. The van der Waals surface area contributed by atoms with E-state index in [4.69, 9.17) is 0 Å². The third kappa shape index (κ3) is 2.87. The molecule has 0 aliphatic carbocycles. The highest BCUT2D eigenvalue weighted by molar-refractivity contribution is 7.91. The van der Waals surface area contributed by atoms with E-state index in [-0.39, 0.29) is 23.5 Å². The van der Waals surface area contributed by atoms with Gasteiger partial charge < -0.3 is 4.90 Å². The Labute approximate surface area is 119 Å². The van der Waals surface area contributed by atoms with Crippen LogP contribution in [0.25, 0.3) is 0 Å². The van der Waals surface area contributed by atoms with Crippen LogP contribution in [0.4, 0.5) is 0 Å². The van der Waals surface area contributed by atoms with Crippen molar-refractivity contribution < 1.29 is 13.2 Å². The normalized spacial score (nSPS) is 21.1. The van der Waals surface area contributed by atoms with E-state index in [0.29, 0.717) is 25.2 Å².